The number of phenolic OH excluding ortho intramolecular Hbond substituents is 1. The van der Waals surface area contributed by atoms with Crippen molar-refractivity contribution in [3.63, 3.8) is 0 Å². The molecule has 1 saturated heterocycles. The van der Waals surface area contributed by atoms with Crippen molar-refractivity contribution in [2.75, 3.05) is 57.9 Å². The van der Waals surface area contributed by atoms with Gasteiger partial charge in [-0.25, -0.2) is 0 Å². The number of piperazine rings is 1. The van der Waals surface area contributed by atoms with Gasteiger partial charge in [0.2, 0.25) is 5.91 Å². The van der Waals surface area contributed by atoms with Crippen LogP contribution in [0.25, 0.3) is 0 Å². The highest BCUT2D eigenvalue weighted by molar-refractivity contribution is 7.09. The standard InChI is InChI=1S/C20H27N3O3S/c1-26-13-12-23(15-17-5-4-14-27-17)20(25)16-21-8-10-22(11-9-21)18-6-2-3-7-19(18)24/h2-7,14,24H,8-13,15-16H2,1H3. The zero-order chi connectivity index (χ0) is 19.1. The maximum Gasteiger partial charge on any atom is 0.237 e. The van der Waals surface area contributed by atoms with Crippen LogP contribution in [0, 0.1) is 0 Å². The van der Waals surface area contributed by atoms with Crippen molar-refractivity contribution >= 4 is 22.9 Å². The van der Waals surface area contributed by atoms with Crippen LogP contribution >= 0.6 is 11.3 Å². The predicted octanol–water partition coefficient (Wildman–Crippen LogP) is 2.25. The molecule has 3 rings (SSSR count). The summed E-state index contributed by atoms with van der Waals surface area (Å²) in [6, 6.07) is 11.5. The van der Waals surface area contributed by atoms with Gasteiger partial charge < -0.3 is 19.6 Å². The van der Waals surface area contributed by atoms with Gasteiger partial charge in [0.05, 0.1) is 25.4 Å². The second-order valence-electron chi connectivity index (χ2n) is 6.64. The summed E-state index contributed by atoms with van der Waals surface area (Å²) in [4.78, 5) is 20.3. The second kappa shape index (κ2) is 9.73. The highest BCUT2D eigenvalue weighted by atomic mass is 32.1. The van der Waals surface area contributed by atoms with E-state index in [1.165, 1.54) is 4.88 Å². The number of carbonyl (C=O) groups excluding carboxylic acids is 1. The first kappa shape index (κ1) is 19.7. The van der Waals surface area contributed by atoms with Gasteiger partial charge in [-0.15, -0.1) is 11.3 Å². The lowest BCUT2D eigenvalue weighted by Crippen LogP contribution is -2.50. The summed E-state index contributed by atoms with van der Waals surface area (Å²) >= 11 is 1.67. The third kappa shape index (κ3) is 5.45. The molecule has 0 aliphatic carbocycles. The minimum atomic E-state index is 0.136. The van der Waals surface area contributed by atoms with Crippen molar-refractivity contribution in [3.05, 3.63) is 46.7 Å². The van der Waals surface area contributed by atoms with Crippen molar-refractivity contribution in [1.29, 1.82) is 0 Å². The molecule has 27 heavy (non-hydrogen) atoms. The Hall–Kier alpha value is -2.09. The van der Waals surface area contributed by atoms with E-state index in [1.54, 1.807) is 24.5 Å². The molecule has 1 aliphatic heterocycles. The number of ether oxygens (including phenoxy) is 1. The van der Waals surface area contributed by atoms with E-state index in [-0.39, 0.29) is 5.91 Å². The number of hydrogen-bond donors (Lipinski definition) is 1. The minimum absolute atomic E-state index is 0.136. The van der Waals surface area contributed by atoms with Crippen molar-refractivity contribution in [1.82, 2.24) is 9.80 Å². The Morgan fingerprint density at radius 1 is 1.19 bits per heavy atom. The lowest BCUT2D eigenvalue weighted by Gasteiger charge is -2.36. The van der Waals surface area contributed by atoms with E-state index in [2.05, 4.69) is 15.9 Å². The SMILES string of the molecule is COCCN(Cc1cccs1)C(=O)CN1CCN(c2ccccc2O)CC1. The quantitative estimate of drug-likeness (QED) is 0.751. The van der Waals surface area contributed by atoms with Gasteiger partial charge in [0.1, 0.15) is 5.75 Å². The largest absolute Gasteiger partial charge is 0.506 e. The van der Waals surface area contributed by atoms with E-state index in [0.29, 0.717) is 32.0 Å². The van der Waals surface area contributed by atoms with Crippen LogP contribution < -0.4 is 4.90 Å². The third-order valence-corrected chi connectivity index (χ3v) is 5.66. The Labute approximate surface area is 164 Å². The summed E-state index contributed by atoms with van der Waals surface area (Å²) in [5.74, 6) is 0.445. The first-order valence-corrected chi connectivity index (χ1v) is 10.1. The van der Waals surface area contributed by atoms with E-state index < -0.39 is 0 Å². The van der Waals surface area contributed by atoms with Crippen LogP contribution in [-0.4, -0.2) is 73.8 Å². The van der Waals surface area contributed by atoms with Crippen LogP contribution in [0.3, 0.4) is 0 Å². The van der Waals surface area contributed by atoms with Gasteiger partial charge in [-0.05, 0) is 23.6 Å². The molecule has 0 atom stereocenters. The molecule has 7 heteroatoms. The number of thiophene rings is 1. The molecule has 0 unspecified atom stereocenters. The van der Waals surface area contributed by atoms with E-state index in [4.69, 9.17) is 4.74 Å². The van der Waals surface area contributed by atoms with Gasteiger partial charge in [-0.1, -0.05) is 18.2 Å². The highest BCUT2D eigenvalue weighted by Crippen LogP contribution is 2.27. The summed E-state index contributed by atoms with van der Waals surface area (Å²) in [5.41, 5.74) is 0.864. The molecule has 1 fully saturated rings. The van der Waals surface area contributed by atoms with Crippen molar-refractivity contribution in [2.24, 2.45) is 0 Å². The molecular formula is C20H27N3O3S. The summed E-state index contributed by atoms with van der Waals surface area (Å²) in [6.07, 6.45) is 0. The van der Waals surface area contributed by atoms with Gasteiger partial charge in [0.15, 0.2) is 0 Å². The molecule has 1 aliphatic rings. The van der Waals surface area contributed by atoms with Crippen molar-refractivity contribution in [2.45, 2.75) is 6.54 Å². The Morgan fingerprint density at radius 2 is 1.96 bits per heavy atom. The summed E-state index contributed by atoms with van der Waals surface area (Å²) in [5, 5.41) is 12.1. The average Bonchev–Trinajstić information content (AvgIpc) is 3.19. The van der Waals surface area contributed by atoms with Crippen LogP contribution in [-0.2, 0) is 16.1 Å². The van der Waals surface area contributed by atoms with Crippen LogP contribution in [0.15, 0.2) is 41.8 Å². The number of rotatable bonds is 8. The number of benzene rings is 1. The lowest BCUT2D eigenvalue weighted by molar-refractivity contribution is -0.133. The van der Waals surface area contributed by atoms with Crippen LogP contribution in [0.1, 0.15) is 4.88 Å². The lowest BCUT2D eigenvalue weighted by atomic mass is 10.2. The Morgan fingerprint density at radius 3 is 2.63 bits per heavy atom. The molecule has 146 valence electrons. The smallest absolute Gasteiger partial charge is 0.237 e. The highest BCUT2D eigenvalue weighted by Gasteiger charge is 2.23. The number of aromatic hydroxyl groups is 1. The van der Waals surface area contributed by atoms with Gasteiger partial charge in [0, 0.05) is 44.7 Å². The minimum Gasteiger partial charge on any atom is -0.506 e. The van der Waals surface area contributed by atoms with Crippen molar-refractivity contribution < 1.29 is 14.6 Å². The molecule has 1 N–H and O–H groups in total. The number of phenols is 1. The number of amides is 1. The molecule has 1 aromatic heterocycles. The van der Waals surface area contributed by atoms with E-state index in [1.807, 2.05) is 34.5 Å². The fourth-order valence-corrected chi connectivity index (χ4v) is 3.97. The van der Waals surface area contributed by atoms with Crippen LogP contribution in [0.4, 0.5) is 5.69 Å². The third-order valence-electron chi connectivity index (χ3n) is 4.80. The fourth-order valence-electron chi connectivity index (χ4n) is 3.25. The van der Waals surface area contributed by atoms with Crippen molar-refractivity contribution in [3.8, 4) is 5.75 Å². The summed E-state index contributed by atoms with van der Waals surface area (Å²) < 4.78 is 5.17. The second-order valence-corrected chi connectivity index (χ2v) is 7.67. The van der Waals surface area contributed by atoms with Gasteiger partial charge in [-0.2, -0.15) is 0 Å². The normalized spacial score (nSPS) is 15.1. The molecule has 0 saturated carbocycles. The van der Waals surface area contributed by atoms with Gasteiger partial charge >= 0.3 is 0 Å². The maximum absolute atomic E-state index is 12.8. The Balaban J connectivity index is 1.53. The average molecular weight is 390 g/mol. The van der Waals surface area contributed by atoms with E-state index in [0.717, 1.165) is 31.9 Å². The first-order chi connectivity index (χ1) is 13.2. The van der Waals surface area contributed by atoms with Crippen LogP contribution in [0.5, 0.6) is 5.75 Å². The predicted molar refractivity (Wildman–Crippen MR) is 108 cm³/mol. The first-order valence-electron chi connectivity index (χ1n) is 9.22. The number of anilines is 1. The van der Waals surface area contributed by atoms with E-state index >= 15 is 0 Å². The Kier molecular flexibility index (Phi) is 7.09. The number of carbonyl (C=O) groups is 1. The van der Waals surface area contributed by atoms with Crippen LogP contribution in [0.2, 0.25) is 0 Å². The van der Waals surface area contributed by atoms with E-state index in [9.17, 15) is 9.90 Å². The topological polar surface area (TPSA) is 56.2 Å². The molecule has 0 bridgehead atoms. The molecule has 0 radical (unpaired) electrons. The Bertz CT molecular complexity index is 715. The number of hydrogen-bond acceptors (Lipinski definition) is 6. The summed E-state index contributed by atoms with van der Waals surface area (Å²) in [7, 11) is 1.66. The molecule has 6 nitrogen and oxygen atoms in total. The zero-order valence-electron chi connectivity index (χ0n) is 15.7. The zero-order valence-corrected chi connectivity index (χ0v) is 16.5. The number of nitrogens with zero attached hydrogens (tertiary/aromatic N) is 3. The molecule has 2 heterocycles. The summed E-state index contributed by atoms with van der Waals surface area (Å²) in [6.45, 7) is 5.40. The molecule has 2 aromatic rings. The fraction of sp³-hybridized carbons (Fsp3) is 0.450. The number of methoxy groups -OCH3 is 1. The number of para-hydroxylation sites is 2. The molecule has 0 spiro atoms. The monoisotopic (exact) mass is 389 g/mol. The van der Waals surface area contributed by atoms with Gasteiger partial charge in [-0.3, -0.25) is 9.69 Å². The molecule has 1 aromatic carbocycles. The maximum atomic E-state index is 12.8. The molecular weight excluding hydrogens is 362 g/mol. The van der Waals surface area contributed by atoms with Gasteiger partial charge in [0.25, 0.3) is 0 Å². The molecule has 1 amide bonds.